The van der Waals surface area contributed by atoms with E-state index in [1.807, 2.05) is 0 Å². The normalized spacial score (nSPS) is 14.7. The molecule has 0 bridgehead atoms. The first-order chi connectivity index (χ1) is 13.4. The molecular weight excluding hydrogens is 365 g/mol. The van der Waals surface area contributed by atoms with Crippen LogP contribution < -0.4 is 25.0 Å². The number of hydrogen-bond donors (Lipinski definition) is 3. The Hall–Kier alpha value is -3.13. The molecule has 0 aromatic heterocycles. The second kappa shape index (κ2) is 8.71. The molecule has 2 atom stereocenters. The highest BCUT2D eigenvalue weighted by atomic mass is 19.1. The number of carbonyl (C=O) groups excluding carboxylic acids is 2. The molecule has 0 aliphatic carbocycles. The molecule has 3 rings (SSSR count). The standard InChI is InChI=1S/C20H22FN3O4/c1-13(24(2)12-19(25)22-15-5-3-4-14(21)10-15)20(26)23-16-6-7-17-18(11-16)28-9-8-27-17/h3-7,10-11,13H,8-9,12H2,1-2H3,(H,22,25)(H,23,26)/p+1/t13-/m0/s1. The van der Waals surface area contributed by atoms with Crippen LogP contribution in [0.15, 0.2) is 42.5 Å². The maximum Gasteiger partial charge on any atom is 0.282 e. The van der Waals surface area contributed by atoms with Crippen molar-refractivity contribution >= 4 is 23.2 Å². The van der Waals surface area contributed by atoms with Gasteiger partial charge in [-0.1, -0.05) is 6.07 Å². The largest absolute Gasteiger partial charge is 0.486 e. The molecule has 28 heavy (non-hydrogen) atoms. The summed E-state index contributed by atoms with van der Waals surface area (Å²) < 4.78 is 24.2. The first-order valence-corrected chi connectivity index (χ1v) is 9.00. The molecule has 2 aromatic carbocycles. The average molecular weight is 388 g/mol. The van der Waals surface area contributed by atoms with Crippen LogP contribution in [0.1, 0.15) is 6.92 Å². The first kappa shape index (κ1) is 19.6. The highest BCUT2D eigenvalue weighted by Crippen LogP contribution is 2.32. The number of nitrogens with one attached hydrogen (secondary N) is 3. The van der Waals surface area contributed by atoms with Gasteiger partial charge < -0.3 is 25.0 Å². The van der Waals surface area contributed by atoms with Crippen molar-refractivity contribution in [1.82, 2.24) is 0 Å². The Kier molecular flexibility index (Phi) is 6.10. The van der Waals surface area contributed by atoms with E-state index in [9.17, 15) is 14.0 Å². The molecular formula is C20H23FN3O4+. The third-order valence-corrected chi connectivity index (χ3v) is 4.49. The minimum atomic E-state index is -0.480. The highest BCUT2D eigenvalue weighted by molar-refractivity contribution is 5.94. The van der Waals surface area contributed by atoms with Crippen molar-refractivity contribution in [3.63, 3.8) is 0 Å². The fourth-order valence-corrected chi connectivity index (χ4v) is 2.77. The Labute approximate surface area is 162 Å². The van der Waals surface area contributed by atoms with Gasteiger partial charge >= 0.3 is 0 Å². The number of carbonyl (C=O) groups is 2. The fraction of sp³-hybridized carbons (Fsp3) is 0.300. The second-order valence-electron chi connectivity index (χ2n) is 6.65. The van der Waals surface area contributed by atoms with Crippen LogP contribution in [0.5, 0.6) is 11.5 Å². The van der Waals surface area contributed by atoms with E-state index in [0.717, 1.165) is 0 Å². The lowest BCUT2D eigenvalue weighted by atomic mass is 10.2. The molecule has 8 heteroatoms. The van der Waals surface area contributed by atoms with Gasteiger partial charge in [0.25, 0.3) is 11.8 Å². The fourth-order valence-electron chi connectivity index (χ4n) is 2.77. The average Bonchev–Trinajstić information content (AvgIpc) is 2.67. The van der Waals surface area contributed by atoms with E-state index < -0.39 is 11.9 Å². The topological polar surface area (TPSA) is 81.1 Å². The van der Waals surface area contributed by atoms with Crippen LogP contribution >= 0.6 is 0 Å². The number of rotatable bonds is 6. The van der Waals surface area contributed by atoms with Crippen molar-refractivity contribution in [3.8, 4) is 11.5 Å². The van der Waals surface area contributed by atoms with Gasteiger partial charge in [0.1, 0.15) is 19.0 Å². The molecule has 2 amide bonds. The molecule has 7 nitrogen and oxygen atoms in total. The van der Waals surface area contributed by atoms with Crippen molar-refractivity contribution in [3.05, 3.63) is 48.3 Å². The van der Waals surface area contributed by atoms with Crippen molar-refractivity contribution in [2.45, 2.75) is 13.0 Å². The summed E-state index contributed by atoms with van der Waals surface area (Å²) in [5, 5.41) is 5.46. The van der Waals surface area contributed by atoms with Crippen molar-refractivity contribution < 1.29 is 28.4 Å². The summed E-state index contributed by atoms with van der Waals surface area (Å²) in [6.07, 6.45) is 0. The quantitative estimate of drug-likeness (QED) is 0.692. The van der Waals surface area contributed by atoms with Crippen LogP contribution in [-0.2, 0) is 9.59 Å². The summed E-state index contributed by atoms with van der Waals surface area (Å²) in [6.45, 7) is 2.76. The van der Waals surface area contributed by atoms with Gasteiger partial charge in [0.05, 0.1) is 7.05 Å². The highest BCUT2D eigenvalue weighted by Gasteiger charge is 2.24. The number of likely N-dealkylation sites (N-methyl/N-ethyl adjacent to an activating group) is 1. The van der Waals surface area contributed by atoms with Crippen molar-refractivity contribution in [1.29, 1.82) is 0 Å². The third kappa shape index (κ3) is 4.98. The van der Waals surface area contributed by atoms with E-state index in [1.165, 1.54) is 18.2 Å². The molecule has 1 aliphatic heterocycles. The van der Waals surface area contributed by atoms with Gasteiger partial charge in [-0.05, 0) is 37.3 Å². The molecule has 1 aliphatic rings. The maximum atomic E-state index is 13.2. The zero-order valence-electron chi connectivity index (χ0n) is 15.8. The molecule has 3 N–H and O–H groups in total. The lowest BCUT2D eigenvalue weighted by Crippen LogP contribution is -3.14. The summed E-state index contributed by atoms with van der Waals surface area (Å²) >= 11 is 0. The van der Waals surface area contributed by atoms with E-state index >= 15 is 0 Å². The lowest BCUT2D eigenvalue weighted by molar-refractivity contribution is -0.885. The molecule has 1 unspecified atom stereocenters. The van der Waals surface area contributed by atoms with Gasteiger partial charge in [0, 0.05) is 17.4 Å². The summed E-state index contributed by atoms with van der Waals surface area (Å²) in [5.74, 6) is 0.279. The van der Waals surface area contributed by atoms with Gasteiger partial charge in [-0.2, -0.15) is 0 Å². The van der Waals surface area contributed by atoms with E-state index in [-0.39, 0.29) is 18.4 Å². The molecule has 0 saturated heterocycles. The first-order valence-electron chi connectivity index (χ1n) is 9.00. The Morgan fingerprint density at radius 3 is 2.54 bits per heavy atom. The van der Waals surface area contributed by atoms with Gasteiger partial charge in [-0.15, -0.1) is 0 Å². The Morgan fingerprint density at radius 1 is 1.07 bits per heavy atom. The number of halogens is 1. The Bertz CT molecular complexity index is 874. The lowest BCUT2D eigenvalue weighted by Gasteiger charge is -2.22. The summed E-state index contributed by atoms with van der Waals surface area (Å²) in [5.41, 5.74) is 0.976. The number of ether oxygens (including phenoxy) is 2. The van der Waals surface area contributed by atoms with Crippen molar-refractivity contribution in [2.75, 3.05) is 37.4 Å². The van der Waals surface area contributed by atoms with Crippen molar-refractivity contribution in [2.24, 2.45) is 0 Å². The number of hydrogen-bond acceptors (Lipinski definition) is 4. The maximum absolute atomic E-state index is 13.2. The number of quaternary nitrogens is 1. The number of benzene rings is 2. The zero-order chi connectivity index (χ0) is 20.1. The second-order valence-corrected chi connectivity index (χ2v) is 6.65. The van der Waals surface area contributed by atoms with E-state index in [2.05, 4.69) is 10.6 Å². The minimum absolute atomic E-state index is 0.0617. The number of amides is 2. The zero-order valence-corrected chi connectivity index (χ0v) is 15.8. The van der Waals surface area contributed by atoms with Crippen LogP contribution in [-0.4, -0.2) is 44.7 Å². The smallest absolute Gasteiger partial charge is 0.282 e. The molecule has 0 spiro atoms. The summed E-state index contributed by atoms with van der Waals surface area (Å²) in [7, 11) is 1.75. The minimum Gasteiger partial charge on any atom is -0.486 e. The predicted octanol–water partition coefficient (Wildman–Crippen LogP) is 1.08. The summed E-state index contributed by atoms with van der Waals surface area (Å²) in [4.78, 5) is 25.4. The predicted molar refractivity (Wildman–Crippen MR) is 102 cm³/mol. The van der Waals surface area contributed by atoms with E-state index in [4.69, 9.17) is 9.47 Å². The van der Waals surface area contributed by atoms with Gasteiger partial charge in [0.15, 0.2) is 24.1 Å². The van der Waals surface area contributed by atoms with Gasteiger partial charge in [-0.3, -0.25) is 9.59 Å². The van der Waals surface area contributed by atoms with Crippen LogP contribution in [0.2, 0.25) is 0 Å². The number of fused-ring (bicyclic) bond motifs is 1. The molecule has 148 valence electrons. The Balaban J connectivity index is 1.54. The SMILES string of the molecule is C[C@@H](C(=O)Nc1ccc2c(c1)OCCO2)[NH+](C)CC(=O)Nc1cccc(F)c1. The van der Waals surface area contributed by atoms with Crippen LogP contribution in [0.25, 0.3) is 0 Å². The van der Waals surface area contributed by atoms with Crippen LogP contribution in [0.3, 0.4) is 0 Å². The van der Waals surface area contributed by atoms with Crippen LogP contribution in [0.4, 0.5) is 15.8 Å². The molecule has 0 radical (unpaired) electrons. The Morgan fingerprint density at radius 2 is 1.79 bits per heavy atom. The molecule has 0 saturated carbocycles. The number of anilines is 2. The molecule has 0 fully saturated rings. The van der Waals surface area contributed by atoms with Gasteiger partial charge in [-0.25, -0.2) is 4.39 Å². The van der Waals surface area contributed by atoms with E-state index in [1.54, 1.807) is 38.2 Å². The molecule has 2 aromatic rings. The van der Waals surface area contributed by atoms with Crippen LogP contribution in [0, 0.1) is 5.82 Å². The third-order valence-electron chi connectivity index (χ3n) is 4.49. The van der Waals surface area contributed by atoms with E-state index in [0.29, 0.717) is 41.0 Å². The monoisotopic (exact) mass is 388 g/mol. The van der Waals surface area contributed by atoms with Gasteiger partial charge in [0.2, 0.25) is 0 Å². The molecule has 1 heterocycles. The summed E-state index contributed by atoms with van der Waals surface area (Å²) in [6, 6.07) is 10.4.